The Morgan fingerprint density at radius 3 is 2.42 bits per heavy atom. The first kappa shape index (κ1) is 24.0. The van der Waals surface area contributed by atoms with Crippen LogP contribution in [0.3, 0.4) is 0 Å². The van der Waals surface area contributed by atoms with Gasteiger partial charge in [-0.05, 0) is 83.7 Å². The predicted octanol–water partition coefficient (Wildman–Crippen LogP) is 5.48. The van der Waals surface area contributed by atoms with Crippen LogP contribution in [0.15, 0.2) is 35.9 Å². The van der Waals surface area contributed by atoms with E-state index in [1.807, 2.05) is 20.8 Å². The van der Waals surface area contributed by atoms with Crippen molar-refractivity contribution in [3.8, 4) is 0 Å². The van der Waals surface area contributed by atoms with Crippen molar-refractivity contribution < 1.29 is 9.53 Å². The smallest absolute Gasteiger partial charge is 0.306 e. The third-order valence-electron chi connectivity index (χ3n) is 6.41. The van der Waals surface area contributed by atoms with Crippen LogP contribution >= 0.6 is 0 Å². The summed E-state index contributed by atoms with van der Waals surface area (Å²) >= 11 is 0. The molecule has 1 aromatic carbocycles. The minimum absolute atomic E-state index is 0.0889. The molecule has 0 heterocycles. The zero-order valence-electron chi connectivity index (χ0n) is 20.0. The number of rotatable bonds is 10. The largest absolute Gasteiger partial charge is 0.460 e. The van der Waals surface area contributed by atoms with E-state index in [2.05, 4.69) is 54.0 Å². The number of nitrogens with one attached hydrogen (secondary N) is 2. The number of ether oxygens (including phenoxy) is 1. The Bertz CT molecular complexity index is 715. The Kier molecular flexibility index (Phi) is 8.74. The number of hydrogen-bond acceptors (Lipinski definition) is 4. The summed E-state index contributed by atoms with van der Waals surface area (Å²) in [6.45, 7) is 8.94. The van der Waals surface area contributed by atoms with E-state index in [1.54, 1.807) is 5.57 Å². The first-order valence-corrected chi connectivity index (χ1v) is 12.3. The summed E-state index contributed by atoms with van der Waals surface area (Å²) < 4.78 is 5.37. The molecule has 2 saturated carbocycles. The maximum atomic E-state index is 11.8. The fourth-order valence-electron chi connectivity index (χ4n) is 4.72. The van der Waals surface area contributed by atoms with Gasteiger partial charge in [0.2, 0.25) is 0 Å². The van der Waals surface area contributed by atoms with Crippen molar-refractivity contribution >= 4 is 12.0 Å². The minimum Gasteiger partial charge on any atom is -0.460 e. The Hall–Kier alpha value is -1.65. The van der Waals surface area contributed by atoms with Crippen LogP contribution in [0.4, 0.5) is 0 Å². The molecule has 0 radical (unpaired) electrons. The van der Waals surface area contributed by atoms with Crippen molar-refractivity contribution in [2.45, 2.75) is 103 Å². The molecule has 0 amide bonds. The first-order valence-electron chi connectivity index (χ1n) is 12.3. The molecule has 2 N–H and O–H groups in total. The molecule has 4 nitrogen and oxygen atoms in total. The maximum absolute atomic E-state index is 11.8. The van der Waals surface area contributed by atoms with E-state index in [0.717, 1.165) is 19.4 Å². The molecule has 3 rings (SSSR count). The normalized spacial score (nSPS) is 26.5. The molecule has 172 valence electrons. The molecule has 0 unspecified atom stereocenters. The topological polar surface area (TPSA) is 50.4 Å². The Balaban J connectivity index is 1.30. The molecule has 0 spiro atoms. The lowest BCUT2D eigenvalue weighted by molar-refractivity contribution is -0.154. The Labute approximate surface area is 189 Å². The monoisotopic (exact) mass is 426 g/mol. The van der Waals surface area contributed by atoms with E-state index in [0.29, 0.717) is 30.5 Å². The average Bonchev–Trinajstić information content (AvgIpc) is 3.49. The van der Waals surface area contributed by atoms with Gasteiger partial charge in [0.05, 0.1) is 0 Å². The van der Waals surface area contributed by atoms with Crippen LogP contribution in [0.25, 0.3) is 6.08 Å². The lowest BCUT2D eigenvalue weighted by Gasteiger charge is -2.30. The predicted molar refractivity (Wildman–Crippen MR) is 129 cm³/mol. The van der Waals surface area contributed by atoms with E-state index < -0.39 is 0 Å². The van der Waals surface area contributed by atoms with E-state index in [1.165, 1.54) is 37.7 Å². The third-order valence-corrected chi connectivity index (χ3v) is 6.41. The Morgan fingerprint density at radius 2 is 1.77 bits per heavy atom. The van der Waals surface area contributed by atoms with Gasteiger partial charge in [-0.15, -0.1) is 0 Å². The SMILES string of the molecule is CC/C(=C\c1ccccc1)[C@@H]1C[C@H]1NC1CCC(NCCCC(=O)OC(C)(C)C)CC1. The van der Waals surface area contributed by atoms with Crippen molar-refractivity contribution in [2.75, 3.05) is 6.54 Å². The second-order valence-electron chi connectivity index (χ2n) is 10.3. The molecule has 4 heteroatoms. The van der Waals surface area contributed by atoms with Gasteiger partial charge in [-0.3, -0.25) is 4.79 Å². The van der Waals surface area contributed by atoms with Crippen LogP contribution in [-0.2, 0) is 9.53 Å². The number of carbonyl (C=O) groups excluding carboxylic acids is 1. The van der Waals surface area contributed by atoms with Crippen molar-refractivity contribution in [3.05, 3.63) is 41.5 Å². The number of hydrogen-bond donors (Lipinski definition) is 2. The highest BCUT2D eigenvalue weighted by atomic mass is 16.6. The summed E-state index contributed by atoms with van der Waals surface area (Å²) in [4.78, 5) is 11.8. The molecule has 0 aromatic heterocycles. The number of carbonyl (C=O) groups is 1. The van der Waals surface area contributed by atoms with E-state index >= 15 is 0 Å². The summed E-state index contributed by atoms with van der Waals surface area (Å²) in [7, 11) is 0. The molecule has 2 aliphatic rings. The average molecular weight is 427 g/mol. The van der Waals surface area contributed by atoms with Crippen LogP contribution < -0.4 is 10.6 Å². The van der Waals surface area contributed by atoms with E-state index in [4.69, 9.17) is 4.74 Å². The molecule has 0 aliphatic heterocycles. The minimum atomic E-state index is -0.383. The van der Waals surface area contributed by atoms with Crippen LogP contribution in [0, 0.1) is 5.92 Å². The van der Waals surface area contributed by atoms with Crippen LogP contribution in [0.5, 0.6) is 0 Å². The zero-order valence-corrected chi connectivity index (χ0v) is 20.0. The third kappa shape index (κ3) is 8.42. The van der Waals surface area contributed by atoms with Crippen molar-refractivity contribution in [1.29, 1.82) is 0 Å². The second kappa shape index (κ2) is 11.3. The van der Waals surface area contributed by atoms with Crippen molar-refractivity contribution in [1.82, 2.24) is 10.6 Å². The van der Waals surface area contributed by atoms with Gasteiger partial charge in [0.1, 0.15) is 5.60 Å². The molecule has 2 aliphatic carbocycles. The summed E-state index contributed by atoms with van der Waals surface area (Å²) in [6, 6.07) is 12.6. The lowest BCUT2D eigenvalue weighted by atomic mass is 9.91. The van der Waals surface area contributed by atoms with Gasteiger partial charge in [0, 0.05) is 24.5 Å². The molecule has 0 saturated heterocycles. The fraction of sp³-hybridized carbons (Fsp3) is 0.667. The van der Waals surface area contributed by atoms with Crippen LogP contribution in [-0.4, -0.2) is 36.2 Å². The van der Waals surface area contributed by atoms with Gasteiger partial charge in [-0.1, -0.05) is 48.9 Å². The van der Waals surface area contributed by atoms with Gasteiger partial charge in [0.25, 0.3) is 0 Å². The zero-order chi connectivity index (χ0) is 22.3. The van der Waals surface area contributed by atoms with Crippen LogP contribution in [0.2, 0.25) is 0 Å². The fourth-order valence-corrected chi connectivity index (χ4v) is 4.72. The number of benzene rings is 1. The molecular formula is C27H42N2O2. The summed E-state index contributed by atoms with van der Waals surface area (Å²) in [5.74, 6) is 0.628. The molecule has 2 atom stereocenters. The van der Waals surface area contributed by atoms with Gasteiger partial charge < -0.3 is 15.4 Å². The molecule has 2 fully saturated rings. The highest BCUT2D eigenvalue weighted by molar-refractivity contribution is 5.69. The van der Waals surface area contributed by atoms with Gasteiger partial charge in [-0.25, -0.2) is 0 Å². The molecular weight excluding hydrogens is 384 g/mol. The van der Waals surface area contributed by atoms with Crippen LogP contribution in [0.1, 0.15) is 84.6 Å². The summed E-state index contributed by atoms with van der Waals surface area (Å²) in [5, 5.41) is 7.59. The first-order chi connectivity index (χ1) is 14.8. The molecule has 1 aromatic rings. The highest BCUT2D eigenvalue weighted by Crippen LogP contribution is 2.40. The quantitative estimate of drug-likeness (QED) is 0.384. The maximum Gasteiger partial charge on any atom is 0.306 e. The molecule has 31 heavy (non-hydrogen) atoms. The van der Waals surface area contributed by atoms with Gasteiger partial charge in [-0.2, -0.15) is 0 Å². The van der Waals surface area contributed by atoms with E-state index in [9.17, 15) is 4.79 Å². The highest BCUT2D eigenvalue weighted by Gasteiger charge is 2.40. The van der Waals surface area contributed by atoms with Gasteiger partial charge in [0.15, 0.2) is 0 Å². The summed E-state index contributed by atoms with van der Waals surface area (Å²) in [5.41, 5.74) is 2.53. The second-order valence-corrected chi connectivity index (χ2v) is 10.3. The lowest BCUT2D eigenvalue weighted by Crippen LogP contribution is -2.41. The molecule has 0 bridgehead atoms. The summed E-state index contributed by atoms with van der Waals surface area (Å²) in [6.07, 6.45) is 11.1. The van der Waals surface area contributed by atoms with Crippen molar-refractivity contribution in [2.24, 2.45) is 5.92 Å². The van der Waals surface area contributed by atoms with Crippen molar-refractivity contribution in [3.63, 3.8) is 0 Å². The van der Waals surface area contributed by atoms with Gasteiger partial charge >= 0.3 is 5.97 Å². The van der Waals surface area contributed by atoms with E-state index in [-0.39, 0.29) is 11.6 Å². The standard InChI is InChI=1S/C27H42N2O2/c1-5-21(18-20-10-7-6-8-11-20)24-19-25(24)29-23-15-13-22(14-16-23)28-17-9-12-26(30)31-27(2,3)4/h6-8,10-11,18,22-25,28-29H,5,9,12-17,19H2,1-4H3/b21-18+/t22?,23?,24-,25+/m0/s1. The number of esters is 1. The Morgan fingerprint density at radius 1 is 1.10 bits per heavy atom.